The molecule has 2 aromatic heterocycles. The molecule has 2 aromatic rings. The van der Waals surface area contributed by atoms with E-state index in [0.29, 0.717) is 11.9 Å². The van der Waals surface area contributed by atoms with Crippen molar-refractivity contribution in [2.45, 2.75) is 12.8 Å². The van der Waals surface area contributed by atoms with Gasteiger partial charge in [0.1, 0.15) is 10.6 Å². The second-order valence-electron chi connectivity index (χ2n) is 5.04. The molecular weight excluding hydrogens is 274 g/mol. The molecule has 1 aliphatic rings. The minimum absolute atomic E-state index is 0.481. The Bertz CT molecular complexity index is 579. The number of nitrogens with two attached hydrogens (primary N) is 1. The summed E-state index contributed by atoms with van der Waals surface area (Å²) >= 11 is 1.61. The SMILES string of the molecule is COCC1CCN(c2nc(NN)nc3sccc23)CC1. The first-order chi connectivity index (χ1) is 9.81. The van der Waals surface area contributed by atoms with E-state index in [2.05, 4.69) is 26.4 Å². The first kappa shape index (κ1) is 13.5. The summed E-state index contributed by atoms with van der Waals surface area (Å²) in [6, 6.07) is 2.08. The van der Waals surface area contributed by atoms with Crippen molar-refractivity contribution in [2.24, 2.45) is 11.8 Å². The van der Waals surface area contributed by atoms with Crippen LogP contribution < -0.4 is 16.2 Å². The fourth-order valence-corrected chi connectivity index (χ4v) is 3.45. The van der Waals surface area contributed by atoms with E-state index < -0.39 is 0 Å². The molecule has 0 radical (unpaired) electrons. The van der Waals surface area contributed by atoms with Crippen molar-refractivity contribution in [1.82, 2.24) is 9.97 Å². The van der Waals surface area contributed by atoms with Crippen LogP contribution in [0.3, 0.4) is 0 Å². The molecule has 0 spiro atoms. The van der Waals surface area contributed by atoms with Crippen molar-refractivity contribution in [2.75, 3.05) is 37.1 Å². The van der Waals surface area contributed by atoms with Gasteiger partial charge in [0.2, 0.25) is 5.95 Å². The predicted molar refractivity (Wildman–Crippen MR) is 82.0 cm³/mol. The van der Waals surface area contributed by atoms with Gasteiger partial charge in [0, 0.05) is 26.8 Å². The molecule has 0 saturated carbocycles. The molecule has 1 saturated heterocycles. The van der Waals surface area contributed by atoms with Crippen molar-refractivity contribution in [3.8, 4) is 0 Å². The summed E-state index contributed by atoms with van der Waals surface area (Å²) in [5, 5.41) is 3.15. The highest BCUT2D eigenvalue weighted by molar-refractivity contribution is 7.16. The first-order valence-electron chi connectivity index (χ1n) is 6.77. The van der Waals surface area contributed by atoms with Crippen LogP contribution >= 0.6 is 11.3 Å². The number of ether oxygens (including phenoxy) is 1. The van der Waals surface area contributed by atoms with Gasteiger partial charge in [0.05, 0.1) is 5.39 Å². The predicted octanol–water partition coefficient (Wildman–Crippen LogP) is 1.84. The number of nitrogens with zero attached hydrogens (tertiary/aromatic N) is 3. The summed E-state index contributed by atoms with van der Waals surface area (Å²) in [6.45, 7) is 2.85. The van der Waals surface area contributed by atoms with Gasteiger partial charge in [-0.3, -0.25) is 5.43 Å². The van der Waals surface area contributed by atoms with Gasteiger partial charge in [-0.1, -0.05) is 0 Å². The zero-order valence-electron chi connectivity index (χ0n) is 11.5. The molecule has 0 unspecified atom stereocenters. The molecule has 3 rings (SSSR count). The van der Waals surface area contributed by atoms with E-state index in [4.69, 9.17) is 10.6 Å². The molecule has 0 aliphatic carbocycles. The summed E-state index contributed by atoms with van der Waals surface area (Å²) < 4.78 is 5.25. The molecule has 108 valence electrons. The van der Waals surface area contributed by atoms with E-state index in [1.165, 1.54) is 0 Å². The van der Waals surface area contributed by atoms with Crippen molar-refractivity contribution in [1.29, 1.82) is 0 Å². The normalized spacial score (nSPS) is 16.8. The van der Waals surface area contributed by atoms with Crippen molar-refractivity contribution in [3.05, 3.63) is 11.4 Å². The summed E-state index contributed by atoms with van der Waals surface area (Å²) in [5.74, 6) is 7.59. The second kappa shape index (κ2) is 5.90. The summed E-state index contributed by atoms with van der Waals surface area (Å²) in [4.78, 5) is 12.2. The van der Waals surface area contributed by atoms with Gasteiger partial charge in [-0.05, 0) is 30.2 Å². The molecular formula is C13H19N5OS. The van der Waals surface area contributed by atoms with Gasteiger partial charge in [-0.15, -0.1) is 11.3 Å². The van der Waals surface area contributed by atoms with Crippen LogP contribution in [0.2, 0.25) is 0 Å². The Morgan fingerprint density at radius 3 is 2.95 bits per heavy atom. The van der Waals surface area contributed by atoms with E-state index in [-0.39, 0.29) is 0 Å². The van der Waals surface area contributed by atoms with Crippen LogP contribution in [0.25, 0.3) is 10.2 Å². The van der Waals surface area contributed by atoms with Crippen LogP contribution in [-0.2, 0) is 4.74 Å². The Hall–Kier alpha value is -1.44. The van der Waals surface area contributed by atoms with E-state index in [9.17, 15) is 0 Å². The Morgan fingerprint density at radius 1 is 1.45 bits per heavy atom. The van der Waals surface area contributed by atoms with E-state index in [0.717, 1.165) is 48.6 Å². The van der Waals surface area contributed by atoms with Crippen LogP contribution in [0.5, 0.6) is 0 Å². The molecule has 7 heteroatoms. The molecule has 3 N–H and O–H groups in total. The number of nitrogen functional groups attached to an aromatic ring is 1. The molecule has 20 heavy (non-hydrogen) atoms. The lowest BCUT2D eigenvalue weighted by molar-refractivity contribution is 0.139. The number of aromatic nitrogens is 2. The summed E-state index contributed by atoms with van der Waals surface area (Å²) in [7, 11) is 1.77. The van der Waals surface area contributed by atoms with Crippen molar-refractivity contribution >= 4 is 33.3 Å². The fourth-order valence-electron chi connectivity index (χ4n) is 2.69. The largest absolute Gasteiger partial charge is 0.384 e. The maximum Gasteiger partial charge on any atom is 0.240 e. The van der Waals surface area contributed by atoms with Gasteiger partial charge in [0.15, 0.2) is 0 Å². The van der Waals surface area contributed by atoms with E-state index in [1.807, 2.05) is 5.38 Å². The second-order valence-corrected chi connectivity index (χ2v) is 5.93. The van der Waals surface area contributed by atoms with Crippen molar-refractivity contribution in [3.63, 3.8) is 0 Å². The Morgan fingerprint density at radius 2 is 2.25 bits per heavy atom. The number of methoxy groups -OCH3 is 1. The smallest absolute Gasteiger partial charge is 0.240 e. The van der Waals surface area contributed by atoms with Gasteiger partial charge < -0.3 is 9.64 Å². The Kier molecular flexibility index (Phi) is 4.00. The van der Waals surface area contributed by atoms with E-state index in [1.54, 1.807) is 18.4 Å². The zero-order chi connectivity index (χ0) is 13.9. The maximum atomic E-state index is 5.46. The molecule has 3 heterocycles. The average Bonchev–Trinajstić information content (AvgIpc) is 2.95. The minimum Gasteiger partial charge on any atom is -0.384 e. The number of fused-ring (bicyclic) bond motifs is 1. The zero-order valence-corrected chi connectivity index (χ0v) is 12.3. The Labute approximate surface area is 121 Å². The molecule has 1 fully saturated rings. The monoisotopic (exact) mass is 293 g/mol. The quantitative estimate of drug-likeness (QED) is 0.662. The van der Waals surface area contributed by atoms with Crippen LogP contribution in [0, 0.1) is 5.92 Å². The van der Waals surface area contributed by atoms with Gasteiger partial charge in [-0.2, -0.15) is 4.98 Å². The topological polar surface area (TPSA) is 76.3 Å². The maximum absolute atomic E-state index is 5.46. The lowest BCUT2D eigenvalue weighted by Gasteiger charge is -2.32. The highest BCUT2D eigenvalue weighted by Gasteiger charge is 2.22. The van der Waals surface area contributed by atoms with E-state index >= 15 is 0 Å². The van der Waals surface area contributed by atoms with Gasteiger partial charge in [-0.25, -0.2) is 10.8 Å². The number of anilines is 2. The Balaban J connectivity index is 1.85. The van der Waals surface area contributed by atoms with Crippen LogP contribution in [0.4, 0.5) is 11.8 Å². The molecule has 1 aliphatic heterocycles. The fraction of sp³-hybridized carbons (Fsp3) is 0.538. The average molecular weight is 293 g/mol. The number of piperidine rings is 1. The van der Waals surface area contributed by atoms with Gasteiger partial charge in [0.25, 0.3) is 0 Å². The highest BCUT2D eigenvalue weighted by Crippen LogP contribution is 2.31. The number of hydrazine groups is 1. The lowest BCUT2D eigenvalue weighted by atomic mass is 9.98. The van der Waals surface area contributed by atoms with Crippen LogP contribution in [0.15, 0.2) is 11.4 Å². The lowest BCUT2D eigenvalue weighted by Crippen LogP contribution is -2.35. The third-order valence-corrected chi connectivity index (χ3v) is 4.56. The van der Waals surface area contributed by atoms with Crippen LogP contribution in [-0.4, -0.2) is 36.8 Å². The molecule has 0 amide bonds. The third kappa shape index (κ3) is 2.56. The standard InChI is InChI=1S/C13H19N5OS/c1-19-8-9-2-5-18(6-3-9)11-10-4-7-20-12(10)16-13(15-11)17-14/h4,7,9H,2-3,5-6,8,14H2,1H3,(H,15,16,17). The summed E-state index contributed by atoms with van der Waals surface area (Å²) in [6.07, 6.45) is 2.27. The van der Waals surface area contributed by atoms with Gasteiger partial charge >= 0.3 is 0 Å². The molecule has 0 aromatic carbocycles. The first-order valence-corrected chi connectivity index (χ1v) is 7.65. The number of hydrogen-bond acceptors (Lipinski definition) is 7. The number of rotatable bonds is 4. The number of nitrogens with one attached hydrogen (secondary N) is 1. The number of hydrogen-bond donors (Lipinski definition) is 2. The molecule has 0 bridgehead atoms. The third-order valence-electron chi connectivity index (χ3n) is 3.75. The molecule has 0 atom stereocenters. The highest BCUT2D eigenvalue weighted by atomic mass is 32.1. The molecule has 6 nitrogen and oxygen atoms in total. The van der Waals surface area contributed by atoms with Crippen LogP contribution in [0.1, 0.15) is 12.8 Å². The minimum atomic E-state index is 0.481. The number of thiophene rings is 1. The van der Waals surface area contributed by atoms with Crippen molar-refractivity contribution < 1.29 is 4.74 Å². The summed E-state index contributed by atoms with van der Waals surface area (Å²) in [5.41, 5.74) is 2.56.